The molecule has 0 fully saturated rings. The molecule has 0 spiro atoms. The number of methoxy groups -OCH3 is 1. The standard InChI is InChI=1S/C21H18ClN3O3/c1-27-20-9-4-15(12-24-25-21(26)16-3-2-10-23-13-16)11-17(20)14-28-19-7-5-18(22)6-8-19/h2-13H,14H2,1H3,(H,25,26)/b24-12-. The number of carbonyl (C=O) groups is 1. The minimum Gasteiger partial charge on any atom is -0.496 e. The molecule has 2 aromatic carbocycles. The van der Waals surface area contributed by atoms with E-state index in [0.717, 1.165) is 11.1 Å². The van der Waals surface area contributed by atoms with E-state index in [0.29, 0.717) is 28.7 Å². The molecule has 0 atom stereocenters. The van der Waals surface area contributed by atoms with Gasteiger partial charge >= 0.3 is 0 Å². The Kier molecular flexibility index (Phi) is 6.59. The van der Waals surface area contributed by atoms with Crippen molar-refractivity contribution in [2.24, 2.45) is 5.10 Å². The lowest BCUT2D eigenvalue weighted by Crippen LogP contribution is -2.17. The summed E-state index contributed by atoms with van der Waals surface area (Å²) in [6, 6.07) is 16.0. The minimum atomic E-state index is -0.329. The number of pyridine rings is 1. The van der Waals surface area contributed by atoms with Gasteiger partial charge in [0.1, 0.15) is 18.1 Å². The zero-order chi connectivity index (χ0) is 19.8. The summed E-state index contributed by atoms with van der Waals surface area (Å²) in [7, 11) is 1.60. The number of nitrogens with one attached hydrogen (secondary N) is 1. The van der Waals surface area contributed by atoms with E-state index >= 15 is 0 Å². The van der Waals surface area contributed by atoms with E-state index < -0.39 is 0 Å². The van der Waals surface area contributed by atoms with Gasteiger partial charge in [-0.1, -0.05) is 11.6 Å². The lowest BCUT2D eigenvalue weighted by molar-refractivity contribution is 0.0955. The zero-order valence-electron chi connectivity index (χ0n) is 15.1. The second kappa shape index (κ2) is 9.53. The van der Waals surface area contributed by atoms with E-state index in [-0.39, 0.29) is 5.91 Å². The van der Waals surface area contributed by atoms with Gasteiger partial charge in [-0.3, -0.25) is 9.78 Å². The highest BCUT2D eigenvalue weighted by molar-refractivity contribution is 6.30. The fourth-order valence-electron chi connectivity index (χ4n) is 2.41. The minimum absolute atomic E-state index is 0.314. The number of halogens is 1. The number of benzene rings is 2. The number of aromatic nitrogens is 1. The van der Waals surface area contributed by atoms with Gasteiger partial charge < -0.3 is 9.47 Å². The summed E-state index contributed by atoms with van der Waals surface area (Å²) in [6.45, 7) is 0.314. The average molecular weight is 396 g/mol. The van der Waals surface area contributed by atoms with E-state index in [2.05, 4.69) is 15.5 Å². The van der Waals surface area contributed by atoms with Crippen molar-refractivity contribution < 1.29 is 14.3 Å². The maximum atomic E-state index is 12.0. The summed E-state index contributed by atoms with van der Waals surface area (Å²) in [5, 5.41) is 4.64. The van der Waals surface area contributed by atoms with Gasteiger partial charge in [0.2, 0.25) is 0 Å². The quantitative estimate of drug-likeness (QED) is 0.483. The van der Waals surface area contributed by atoms with Gasteiger partial charge in [0.05, 0.1) is 18.9 Å². The molecule has 1 amide bonds. The van der Waals surface area contributed by atoms with Gasteiger partial charge in [-0.25, -0.2) is 5.43 Å². The van der Waals surface area contributed by atoms with Crippen LogP contribution in [0.4, 0.5) is 0 Å². The normalized spacial score (nSPS) is 10.6. The predicted octanol–water partition coefficient (Wildman–Crippen LogP) is 4.09. The zero-order valence-corrected chi connectivity index (χ0v) is 15.9. The van der Waals surface area contributed by atoms with Crippen molar-refractivity contribution in [1.82, 2.24) is 10.4 Å². The van der Waals surface area contributed by atoms with Crippen LogP contribution in [0.15, 0.2) is 72.1 Å². The highest BCUT2D eigenvalue weighted by atomic mass is 35.5. The Hall–Kier alpha value is -3.38. The number of carbonyl (C=O) groups excluding carboxylic acids is 1. The molecule has 0 unspecified atom stereocenters. The van der Waals surface area contributed by atoms with Crippen LogP contribution in [-0.2, 0) is 6.61 Å². The van der Waals surface area contributed by atoms with Crippen molar-refractivity contribution in [3.63, 3.8) is 0 Å². The number of rotatable bonds is 7. The predicted molar refractivity (Wildman–Crippen MR) is 108 cm³/mol. The number of hydrogen-bond acceptors (Lipinski definition) is 5. The van der Waals surface area contributed by atoms with E-state index in [9.17, 15) is 4.79 Å². The molecule has 0 radical (unpaired) electrons. The lowest BCUT2D eigenvalue weighted by Gasteiger charge is -2.11. The molecule has 0 saturated heterocycles. The average Bonchev–Trinajstić information content (AvgIpc) is 2.74. The van der Waals surface area contributed by atoms with Gasteiger partial charge in [0, 0.05) is 23.0 Å². The third kappa shape index (κ3) is 5.31. The Morgan fingerprint density at radius 1 is 1.21 bits per heavy atom. The number of hydrogen-bond donors (Lipinski definition) is 1. The van der Waals surface area contributed by atoms with Crippen LogP contribution in [0.5, 0.6) is 11.5 Å². The third-order valence-electron chi connectivity index (χ3n) is 3.82. The van der Waals surface area contributed by atoms with Crippen LogP contribution >= 0.6 is 11.6 Å². The maximum Gasteiger partial charge on any atom is 0.272 e. The molecular weight excluding hydrogens is 378 g/mol. The summed E-state index contributed by atoms with van der Waals surface area (Å²) in [5.41, 5.74) is 4.55. The SMILES string of the molecule is COc1ccc(/C=N\NC(=O)c2cccnc2)cc1COc1ccc(Cl)cc1. The second-order valence-corrected chi connectivity index (χ2v) is 6.19. The van der Waals surface area contributed by atoms with E-state index in [1.165, 1.54) is 6.20 Å². The maximum absolute atomic E-state index is 12.0. The molecule has 142 valence electrons. The van der Waals surface area contributed by atoms with Crippen LogP contribution in [0, 0.1) is 0 Å². The van der Waals surface area contributed by atoms with Crippen molar-refractivity contribution >= 4 is 23.7 Å². The molecule has 0 aliphatic rings. The van der Waals surface area contributed by atoms with E-state index in [1.54, 1.807) is 55.9 Å². The van der Waals surface area contributed by atoms with Gasteiger partial charge in [-0.05, 0) is 60.2 Å². The van der Waals surface area contributed by atoms with Gasteiger partial charge in [-0.15, -0.1) is 0 Å². The number of hydrazone groups is 1. The number of amides is 1. The molecular formula is C21H18ClN3O3. The van der Waals surface area contributed by atoms with Crippen molar-refractivity contribution in [2.75, 3.05) is 7.11 Å². The summed E-state index contributed by atoms with van der Waals surface area (Å²) in [6.07, 6.45) is 4.63. The summed E-state index contributed by atoms with van der Waals surface area (Å²) >= 11 is 5.88. The Morgan fingerprint density at radius 2 is 2.04 bits per heavy atom. The van der Waals surface area contributed by atoms with Crippen LogP contribution in [-0.4, -0.2) is 24.2 Å². The molecule has 0 bridgehead atoms. The molecule has 7 heteroatoms. The molecule has 1 heterocycles. The molecule has 1 N–H and O–H groups in total. The summed E-state index contributed by atoms with van der Waals surface area (Å²) < 4.78 is 11.2. The number of nitrogens with zero attached hydrogens (tertiary/aromatic N) is 2. The van der Waals surface area contributed by atoms with Crippen LogP contribution in [0.25, 0.3) is 0 Å². The summed E-state index contributed by atoms with van der Waals surface area (Å²) in [4.78, 5) is 15.9. The highest BCUT2D eigenvalue weighted by Crippen LogP contribution is 2.22. The van der Waals surface area contributed by atoms with Crippen molar-refractivity contribution in [3.8, 4) is 11.5 Å². The molecule has 3 aromatic rings. The Morgan fingerprint density at radius 3 is 2.75 bits per heavy atom. The third-order valence-corrected chi connectivity index (χ3v) is 4.07. The molecule has 0 aliphatic heterocycles. The fraction of sp³-hybridized carbons (Fsp3) is 0.0952. The second-order valence-electron chi connectivity index (χ2n) is 5.75. The first kappa shape index (κ1) is 19.4. The van der Waals surface area contributed by atoms with E-state index in [1.807, 2.05) is 18.2 Å². The Bertz CT molecular complexity index is 960. The van der Waals surface area contributed by atoms with E-state index in [4.69, 9.17) is 21.1 Å². The van der Waals surface area contributed by atoms with Crippen molar-refractivity contribution in [2.45, 2.75) is 6.61 Å². The molecule has 0 aliphatic carbocycles. The van der Waals surface area contributed by atoms with Gasteiger partial charge in [-0.2, -0.15) is 5.10 Å². The smallest absolute Gasteiger partial charge is 0.272 e. The molecule has 6 nitrogen and oxygen atoms in total. The first-order valence-electron chi connectivity index (χ1n) is 8.44. The molecule has 28 heavy (non-hydrogen) atoms. The molecule has 1 aromatic heterocycles. The van der Waals surface area contributed by atoms with Gasteiger partial charge in [0.15, 0.2) is 0 Å². The molecule has 0 saturated carbocycles. The lowest BCUT2D eigenvalue weighted by atomic mass is 10.1. The van der Waals surface area contributed by atoms with Gasteiger partial charge in [0.25, 0.3) is 5.91 Å². The van der Waals surface area contributed by atoms with Crippen LogP contribution in [0.1, 0.15) is 21.5 Å². The van der Waals surface area contributed by atoms with Crippen molar-refractivity contribution in [3.05, 3.63) is 88.7 Å². The fourth-order valence-corrected chi connectivity index (χ4v) is 2.54. The first-order valence-corrected chi connectivity index (χ1v) is 8.82. The van der Waals surface area contributed by atoms with Crippen molar-refractivity contribution in [1.29, 1.82) is 0 Å². The summed E-state index contributed by atoms with van der Waals surface area (Å²) in [5.74, 6) is 1.07. The Balaban J connectivity index is 1.66. The highest BCUT2D eigenvalue weighted by Gasteiger charge is 2.06. The Labute approximate surface area is 167 Å². The van der Waals surface area contributed by atoms with Crippen LogP contribution in [0.3, 0.4) is 0 Å². The number of ether oxygens (including phenoxy) is 2. The topological polar surface area (TPSA) is 72.8 Å². The monoisotopic (exact) mass is 395 g/mol. The van der Waals surface area contributed by atoms with Crippen LogP contribution in [0.2, 0.25) is 5.02 Å². The first-order chi connectivity index (χ1) is 13.7. The largest absolute Gasteiger partial charge is 0.496 e. The van der Waals surface area contributed by atoms with Crippen LogP contribution < -0.4 is 14.9 Å². The molecule has 3 rings (SSSR count).